The molecule has 3 heteroatoms. The van der Waals surface area contributed by atoms with E-state index in [1.807, 2.05) is 49.4 Å². The van der Waals surface area contributed by atoms with E-state index in [0.29, 0.717) is 6.54 Å². The Morgan fingerprint density at radius 1 is 1.11 bits per heavy atom. The summed E-state index contributed by atoms with van der Waals surface area (Å²) >= 11 is 0. The van der Waals surface area contributed by atoms with Crippen molar-refractivity contribution < 1.29 is 9.53 Å². The van der Waals surface area contributed by atoms with Crippen LogP contribution in [0.4, 0.5) is 5.69 Å². The Balaban J connectivity index is 1.96. The van der Waals surface area contributed by atoms with Crippen molar-refractivity contribution in [1.82, 2.24) is 0 Å². The fourth-order valence-electron chi connectivity index (χ4n) is 2.46. The monoisotopic (exact) mass is 253 g/mol. The molecule has 3 rings (SSSR count). The summed E-state index contributed by atoms with van der Waals surface area (Å²) in [7, 11) is 1.63. The van der Waals surface area contributed by atoms with Crippen molar-refractivity contribution in [2.24, 2.45) is 0 Å². The first kappa shape index (κ1) is 11.8. The predicted octanol–water partition coefficient (Wildman–Crippen LogP) is 3.16. The Hall–Kier alpha value is -2.29. The molecule has 96 valence electrons. The second kappa shape index (κ2) is 4.43. The van der Waals surface area contributed by atoms with Gasteiger partial charge in [-0.25, -0.2) is 0 Å². The number of hydrogen-bond acceptors (Lipinski definition) is 2. The van der Waals surface area contributed by atoms with Crippen molar-refractivity contribution in [3.05, 3.63) is 59.2 Å². The first-order valence-corrected chi connectivity index (χ1v) is 6.25. The maximum absolute atomic E-state index is 12.4. The van der Waals surface area contributed by atoms with Crippen LogP contribution in [0.25, 0.3) is 0 Å². The maximum Gasteiger partial charge on any atom is 0.258 e. The third kappa shape index (κ3) is 1.87. The number of amides is 1. The van der Waals surface area contributed by atoms with Crippen molar-refractivity contribution in [1.29, 1.82) is 0 Å². The number of ether oxygens (including phenoxy) is 1. The summed E-state index contributed by atoms with van der Waals surface area (Å²) in [6.45, 7) is 2.69. The molecule has 2 aromatic carbocycles. The number of rotatable bonds is 2. The smallest absolute Gasteiger partial charge is 0.258 e. The molecule has 1 heterocycles. The summed E-state index contributed by atoms with van der Waals surface area (Å²) in [6.07, 6.45) is 0. The largest absolute Gasteiger partial charge is 0.497 e. The Morgan fingerprint density at radius 2 is 1.84 bits per heavy atom. The third-order valence-electron chi connectivity index (χ3n) is 3.59. The van der Waals surface area contributed by atoms with E-state index in [-0.39, 0.29) is 5.91 Å². The normalized spacial score (nSPS) is 13.6. The van der Waals surface area contributed by atoms with Gasteiger partial charge in [0.1, 0.15) is 5.75 Å². The summed E-state index contributed by atoms with van der Waals surface area (Å²) in [4.78, 5) is 14.2. The highest BCUT2D eigenvalue weighted by Crippen LogP contribution is 2.30. The van der Waals surface area contributed by atoms with Gasteiger partial charge in [0.2, 0.25) is 0 Å². The molecule has 0 spiro atoms. The van der Waals surface area contributed by atoms with Crippen molar-refractivity contribution in [2.45, 2.75) is 13.5 Å². The van der Waals surface area contributed by atoms with Gasteiger partial charge in [-0.2, -0.15) is 0 Å². The molecule has 0 saturated heterocycles. The number of methoxy groups -OCH3 is 1. The second-order valence-corrected chi connectivity index (χ2v) is 4.69. The van der Waals surface area contributed by atoms with Crippen molar-refractivity contribution >= 4 is 11.6 Å². The minimum absolute atomic E-state index is 0.0730. The van der Waals surface area contributed by atoms with Gasteiger partial charge in [-0.15, -0.1) is 0 Å². The number of fused-ring (bicyclic) bond motifs is 1. The quantitative estimate of drug-likeness (QED) is 0.822. The van der Waals surface area contributed by atoms with Crippen LogP contribution in [0.3, 0.4) is 0 Å². The van der Waals surface area contributed by atoms with Crippen LogP contribution in [0.1, 0.15) is 21.5 Å². The van der Waals surface area contributed by atoms with Crippen LogP contribution in [0.15, 0.2) is 42.5 Å². The number of carbonyl (C=O) groups is 1. The molecule has 0 unspecified atom stereocenters. The number of nitrogens with zero attached hydrogens (tertiary/aromatic N) is 1. The average Bonchev–Trinajstić information content (AvgIpc) is 2.78. The van der Waals surface area contributed by atoms with Gasteiger partial charge < -0.3 is 9.64 Å². The number of hydrogen-bond donors (Lipinski definition) is 0. The van der Waals surface area contributed by atoms with Gasteiger partial charge in [0.05, 0.1) is 13.7 Å². The topological polar surface area (TPSA) is 29.5 Å². The Kier molecular flexibility index (Phi) is 2.75. The Morgan fingerprint density at radius 3 is 2.47 bits per heavy atom. The fraction of sp³-hybridized carbons (Fsp3) is 0.188. The third-order valence-corrected chi connectivity index (χ3v) is 3.59. The molecular formula is C16H15NO2. The highest BCUT2D eigenvalue weighted by atomic mass is 16.5. The second-order valence-electron chi connectivity index (χ2n) is 4.69. The van der Waals surface area contributed by atoms with Crippen LogP contribution in [0, 0.1) is 6.92 Å². The number of carbonyl (C=O) groups excluding carboxylic acids is 1. The fourth-order valence-corrected chi connectivity index (χ4v) is 2.46. The van der Waals surface area contributed by atoms with E-state index in [1.54, 1.807) is 12.0 Å². The first-order valence-electron chi connectivity index (χ1n) is 6.25. The molecule has 1 aliphatic heterocycles. The van der Waals surface area contributed by atoms with Gasteiger partial charge in [-0.1, -0.05) is 12.1 Å². The van der Waals surface area contributed by atoms with Crippen LogP contribution < -0.4 is 9.64 Å². The molecule has 3 nitrogen and oxygen atoms in total. The molecule has 2 aromatic rings. The number of anilines is 1. The summed E-state index contributed by atoms with van der Waals surface area (Å²) in [5.41, 5.74) is 4.02. The lowest BCUT2D eigenvalue weighted by molar-refractivity contribution is 0.0996. The minimum atomic E-state index is 0.0730. The van der Waals surface area contributed by atoms with Crippen LogP contribution in [0.2, 0.25) is 0 Å². The molecule has 0 aromatic heterocycles. The van der Waals surface area contributed by atoms with Crippen molar-refractivity contribution in [3.63, 3.8) is 0 Å². The van der Waals surface area contributed by atoms with Crippen LogP contribution >= 0.6 is 0 Å². The summed E-state index contributed by atoms with van der Waals surface area (Å²) in [5, 5.41) is 0. The van der Waals surface area contributed by atoms with Crippen molar-refractivity contribution in [3.8, 4) is 5.75 Å². The molecule has 0 atom stereocenters. The Labute approximate surface area is 112 Å². The van der Waals surface area contributed by atoms with E-state index in [1.165, 1.54) is 5.56 Å². The van der Waals surface area contributed by atoms with E-state index < -0.39 is 0 Å². The first-order chi connectivity index (χ1) is 9.20. The molecule has 1 aliphatic rings. The Bertz CT molecular complexity index is 632. The van der Waals surface area contributed by atoms with E-state index in [2.05, 4.69) is 0 Å². The zero-order valence-corrected chi connectivity index (χ0v) is 11.0. The molecule has 0 bridgehead atoms. The maximum atomic E-state index is 12.4. The summed E-state index contributed by atoms with van der Waals surface area (Å²) in [5.74, 6) is 0.868. The molecule has 0 fully saturated rings. The lowest BCUT2D eigenvalue weighted by Crippen LogP contribution is -2.22. The zero-order valence-electron chi connectivity index (χ0n) is 11.0. The molecular weight excluding hydrogens is 238 g/mol. The highest BCUT2D eigenvalue weighted by Gasteiger charge is 2.29. The van der Waals surface area contributed by atoms with E-state index in [9.17, 15) is 4.79 Å². The zero-order chi connectivity index (χ0) is 13.4. The summed E-state index contributed by atoms with van der Waals surface area (Å²) < 4.78 is 5.14. The lowest BCUT2D eigenvalue weighted by atomic mass is 10.1. The van der Waals surface area contributed by atoms with Gasteiger partial charge >= 0.3 is 0 Å². The lowest BCUT2D eigenvalue weighted by Gasteiger charge is -2.16. The SMILES string of the molecule is COc1ccc(N2Cc3c(C)cccc3C2=O)cc1. The van der Waals surface area contributed by atoms with Gasteiger partial charge in [0, 0.05) is 11.3 Å². The minimum Gasteiger partial charge on any atom is -0.497 e. The van der Waals surface area contributed by atoms with Crippen LogP contribution in [-0.2, 0) is 6.54 Å². The van der Waals surface area contributed by atoms with Crippen LogP contribution in [-0.4, -0.2) is 13.0 Å². The van der Waals surface area contributed by atoms with E-state index >= 15 is 0 Å². The van der Waals surface area contributed by atoms with Gasteiger partial charge in [0.25, 0.3) is 5.91 Å². The average molecular weight is 253 g/mol. The van der Waals surface area contributed by atoms with E-state index in [0.717, 1.165) is 22.6 Å². The highest BCUT2D eigenvalue weighted by molar-refractivity contribution is 6.10. The molecule has 0 radical (unpaired) electrons. The number of benzene rings is 2. The van der Waals surface area contributed by atoms with Gasteiger partial charge in [0.15, 0.2) is 0 Å². The van der Waals surface area contributed by atoms with Crippen LogP contribution in [0.5, 0.6) is 5.75 Å². The molecule has 19 heavy (non-hydrogen) atoms. The summed E-state index contributed by atoms with van der Waals surface area (Å²) in [6, 6.07) is 13.5. The molecule has 0 N–H and O–H groups in total. The predicted molar refractivity (Wildman–Crippen MR) is 74.7 cm³/mol. The van der Waals surface area contributed by atoms with E-state index in [4.69, 9.17) is 4.74 Å². The number of aryl methyl sites for hydroxylation is 1. The molecule has 1 amide bonds. The molecule has 0 aliphatic carbocycles. The standard InChI is InChI=1S/C16H15NO2/c1-11-4-3-5-14-15(11)10-17(16(14)18)12-6-8-13(19-2)9-7-12/h3-9H,10H2,1-2H3. The van der Waals surface area contributed by atoms with Gasteiger partial charge in [-0.3, -0.25) is 4.79 Å². The van der Waals surface area contributed by atoms with Gasteiger partial charge in [-0.05, 0) is 48.4 Å². The molecule has 0 saturated carbocycles. The van der Waals surface area contributed by atoms with Crippen molar-refractivity contribution in [2.75, 3.05) is 12.0 Å².